The Morgan fingerprint density at radius 3 is 2.38 bits per heavy atom. The number of carbonyl (C=O) groups is 3. The van der Waals surface area contributed by atoms with Crippen LogP contribution in [0.3, 0.4) is 0 Å². The first kappa shape index (κ1) is 25.5. The highest BCUT2D eigenvalue weighted by Crippen LogP contribution is 2.24. The molecule has 0 aliphatic carbocycles. The number of halogens is 2. The molecule has 12 heteroatoms. The fourth-order valence-corrected chi connectivity index (χ4v) is 3.96. The summed E-state index contributed by atoms with van der Waals surface area (Å²) in [4.78, 5) is 36.3. The molecule has 1 atom stereocenters. The molecule has 1 heterocycles. The molecule has 2 N–H and O–H groups in total. The molecule has 178 valence electrons. The zero-order valence-corrected chi connectivity index (χ0v) is 20.8. The highest BCUT2D eigenvalue weighted by molar-refractivity contribution is 7.99. The van der Waals surface area contributed by atoms with Crippen molar-refractivity contribution in [2.45, 2.75) is 18.1 Å². The first-order chi connectivity index (χ1) is 16.2. The fraction of sp³-hybridized carbons (Fsp3) is 0.227. The van der Waals surface area contributed by atoms with E-state index >= 15 is 0 Å². The number of thioether (sulfide) groups is 1. The number of hydrogen-bond donors (Lipinski definition) is 2. The lowest BCUT2D eigenvalue weighted by molar-refractivity contribution is -0.113. The first-order valence-electron chi connectivity index (χ1n) is 9.95. The van der Waals surface area contributed by atoms with Crippen LogP contribution in [0.1, 0.15) is 39.5 Å². The van der Waals surface area contributed by atoms with Crippen LogP contribution in [-0.2, 0) is 16.6 Å². The number of anilines is 1. The summed E-state index contributed by atoms with van der Waals surface area (Å²) in [5, 5.41) is 15.0. The van der Waals surface area contributed by atoms with Gasteiger partial charge in [0, 0.05) is 18.3 Å². The van der Waals surface area contributed by atoms with Gasteiger partial charge < -0.3 is 19.9 Å². The van der Waals surface area contributed by atoms with Crippen molar-refractivity contribution in [3.05, 3.63) is 69.5 Å². The number of nitrogens with zero attached hydrogens (tertiary/aromatic N) is 3. The molecule has 2 amide bonds. The minimum absolute atomic E-state index is 0.0920. The van der Waals surface area contributed by atoms with Crippen molar-refractivity contribution < 1.29 is 19.1 Å². The number of methoxy groups -OCH3 is 1. The summed E-state index contributed by atoms with van der Waals surface area (Å²) in [6.07, 6.45) is 0. The normalized spacial score (nSPS) is 11.6. The van der Waals surface area contributed by atoms with Crippen molar-refractivity contribution in [1.29, 1.82) is 0 Å². The van der Waals surface area contributed by atoms with Crippen LogP contribution < -0.4 is 10.6 Å². The lowest BCUT2D eigenvalue weighted by Crippen LogP contribution is -2.28. The largest absolute Gasteiger partial charge is 0.465 e. The van der Waals surface area contributed by atoms with Gasteiger partial charge in [-0.3, -0.25) is 9.59 Å². The van der Waals surface area contributed by atoms with Crippen molar-refractivity contribution >= 4 is 58.4 Å². The summed E-state index contributed by atoms with van der Waals surface area (Å²) in [6.45, 7) is 1.78. The molecule has 0 fully saturated rings. The number of ether oxygens (including phenoxy) is 1. The van der Waals surface area contributed by atoms with Crippen LogP contribution >= 0.6 is 35.0 Å². The molecular formula is C22H21Cl2N5O4S. The number of aromatic nitrogens is 3. The Bertz CT molecular complexity index is 1220. The van der Waals surface area contributed by atoms with Crippen molar-refractivity contribution in [2.24, 2.45) is 7.05 Å². The summed E-state index contributed by atoms with van der Waals surface area (Å²) < 4.78 is 6.36. The molecule has 0 aliphatic rings. The second kappa shape index (κ2) is 11.4. The second-order valence-electron chi connectivity index (χ2n) is 7.13. The monoisotopic (exact) mass is 521 g/mol. The molecule has 0 unspecified atom stereocenters. The molecule has 0 radical (unpaired) electrons. The Labute approximate surface area is 210 Å². The van der Waals surface area contributed by atoms with E-state index in [2.05, 4.69) is 25.6 Å². The van der Waals surface area contributed by atoms with Crippen molar-refractivity contribution in [2.75, 3.05) is 18.2 Å². The maximum absolute atomic E-state index is 12.5. The highest BCUT2D eigenvalue weighted by atomic mass is 35.5. The van der Waals surface area contributed by atoms with Crippen LogP contribution in [-0.4, -0.2) is 45.4 Å². The highest BCUT2D eigenvalue weighted by Gasteiger charge is 2.19. The summed E-state index contributed by atoms with van der Waals surface area (Å²) in [5.74, 6) is -0.416. The third kappa shape index (κ3) is 6.28. The van der Waals surface area contributed by atoms with E-state index in [-0.39, 0.29) is 22.6 Å². The van der Waals surface area contributed by atoms with E-state index in [0.29, 0.717) is 32.8 Å². The fourth-order valence-electron chi connectivity index (χ4n) is 2.95. The predicted molar refractivity (Wildman–Crippen MR) is 130 cm³/mol. The van der Waals surface area contributed by atoms with Gasteiger partial charge in [-0.1, -0.05) is 35.0 Å². The third-order valence-corrected chi connectivity index (χ3v) is 6.47. The minimum Gasteiger partial charge on any atom is -0.465 e. The second-order valence-corrected chi connectivity index (χ2v) is 8.89. The zero-order chi connectivity index (χ0) is 24.8. The molecule has 0 aliphatic heterocycles. The van der Waals surface area contributed by atoms with Crippen LogP contribution in [0.25, 0.3) is 0 Å². The molecule has 2 aromatic carbocycles. The number of esters is 1. The lowest BCUT2D eigenvalue weighted by atomic mass is 10.2. The minimum atomic E-state index is -0.450. The van der Waals surface area contributed by atoms with Gasteiger partial charge in [-0.25, -0.2) is 4.79 Å². The van der Waals surface area contributed by atoms with E-state index < -0.39 is 12.0 Å². The summed E-state index contributed by atoms with van der Waals surface area (Å²) >= 11 is 13.1. The van der Waals surface area contributed by atoms with Gasteiger partial charge in [0.1, 0.15) is 0 Å². The number of nitrogens with one attached hydrogen (secondary N) is 2. The van der Waals surface area contributed by atoms with E-state index in [0.717, 1.165) is 0 Å². The number of amides is 2. The van der Waals surface area contributed by atoms with E-state index in [1.807, 2.05) is 0 Å². The molecule has 0 spiro atoms. The van der Waals surface area contributed by atoms with Gasteiger partial charge in [0.15, 0.2) is 11.0 Å². The van der Waals surface area contributed by atoms with Gasteiger partial charge in [-0.2, -0.15) is 0 Å². The van der Waals surface area contributed by atoms with Crippen molar-refractivity contribution in [1.82, 2.24) is 20.1 Å². The molecule has 0 bridgehead atoms. The average Bonchev–Trinajstić information content (AvgIpc) is 3.19. The summed E-state index contributed by atoms with van der Waals surface area (Å²) in [7, 11) is 3.06. The standard InChI is InChI=1S/C22H21Cl2N5O4S/c1-12(25-20(31)14-6-9-16(23)17(24)10-14)19-27-28-22(29(19)2)34-11-18(30)26-15-7-4-13(5-8-15)21(32)33-3/h4-10,12H,11H2,1-3H3,(H,25,31)(H,26,30)/t12-/m0/s1. The molecular weight excluding hydrogens is 501 g/mol. The molecule has 1 aromatic heterocycles. The van der Waals surface area contributed by atoms with Gasteiger partial charge in [0.05, 0.1) is 34.5 Å². The lowest BCUT2D eigenvalue weighted by Gasteiger charge is -2.14. The SMILES string of the molecule is COC(=O)c1ccc(NC(=O)CSc2nnc([C@H](C)NC(=O)c3ccc(Cl)c(Cl)c3)n2C)cc1. The molecule has 3 aromatic rings. The maximum Gasteiger partial charge on any atom is 0.337 e. The molecule has 34 heavy (non-hydrogen) atoms. The summed E-state index contributed by atoms with van der Waals surface area (Å²) in [5.41, 5.74) is 1.31. The van der Waals surface area contributed by atoms with Crippen LogP contribution in [0.5, 0.6) is 0 Å². The van der Waals surface area contributed by atoms with E-state index in [9.17, 15) is 14.4 Å². The van der Waals surface area contributed by atoms with Crippen LogP contribution in [0, 0.1) is 0 Å². The topological polar surface area (TPSA) is 115 Å². The van der Waals surface area contributed by atoms with E-state index in [4.69, 9.17) is 23.2 Å². The molecule has 9 nitrogen and oxygen atoms in total. The van der Waals surface area contributed by atoms with E-state index in [1.165, 1.54) is 24.9 Å². The van der Waals surface area contributed by atoms with Crippen molar-refractivity contribution in [3.63, 3.8) is 0 Å². The van der Waals surface area contributed by atoms with Gasteiger partial charge in [0.2, 0.25) is 5.91 Å². The van der Waals surface area contributed by atoms with Gasteiger partial charge >= 0.3 is 5.97 Å². The zero-order valence-electron chi connectivity index (χ0n) is 18.5. The number of hydrogen-bond acceptors (Lipinski definition) is 7. The van der Waals surface area contributed by atoms with Crippen LogP contribution in [0.15, 0.2) is 47.6 Å². The molecule has 0 saturated carbocycles. The van der Waals surface area contributed by atoms with Gasteiger partial charge in [-0.15, -0.1) is 10.2 Å². The molecule has 0 saturated heterocycles. The van der Waals surface area contributed by atoms with Crippen LogP contribution in [0.4, 0.5) is 5.69 Å². The van der Waals surface area contributed by atoms with E-state index in [1.54, 1.807) is 54.9 Å². The average molecular weight is 522 g/mol. The smallest absolute Gasteiger partial charge is 0.337 e. The Morgan fingerprint density at radius 1 is 1.06 bits per heavy atom. The molecule has 3 rings (SSSR count). The number of rotatable bonds is 8. The van der Waals surface area contributed by atoms with Crippen molar-refractivity contribution in [3.8, 4) is 0 Å². The number of benzene rings is 2. The third-order valence-electron chi connectivity index (χ3n) is 4.71. The Morgan fingerprint density at radius 2 is 1.74 bits per heavy atom. The Kier molecular flexibility index (Phi) is 8.54. The quantitative estimate of drug-likeness (QED) is 0.338. The van der Waals surface area contributed by atoms with Gasteiger partial charge in [0.25, 0.3) is 5.91 Å². The first-order valence-corrected chi connectivity index (χ1v) is 11.7. The number of carbonyl (C=O) groups excluding carboxylic acids is 3. The maximum atomic E-state index is 12.5. The Balaban J connectivity index is 1.56. The van der Waals surface area contributed by atoms with Crippen LogP contribution in [0.2, 0.25) is 10.0 Å². The predicted octanol–water partition coefficient (Wildman–Crippen LogP) is 4.13. The Hall–Kier alpha value is -3.08. The summed E-state index contributed by atoms with van der Waals surface area (Å²) in [6, 6.07) is 10.5. The van der Waals surface area contributed by atoms with Gasteiger partial charge in [-0.05, 0) is 49.4 Å².